The van der Waals surface area contributed by atoms with E-state index >= 15 is 0 Å². The highest BCUT2D eigenvalue weighted by atomic mass is 16.5. The molecule has 1 N–H and O–H groups in total. The van der Waals surface area contributed by atoms with Crippen LogP contribution in [0.4, 0.5) is 0 Å². The smallest absolute Gasteiger partial charge is 0.0491 e. The molecule has 0 aromatic heterocycles. The average molecular weight is 272 g/mol. The molecule has 0 bridgehead atoms. The third-order valence-corrected chi connectivity index (χ3v) is 3.96. The van der Waals surface area contributed by atoms with Crippen LogP contribution < -0.4 is 5.32 Å². The van der Waals surface area contributed by atoms with Gasteiger partial charge in [-0.25, -0.2) is 0 Å². The molecule has 1 rings (SSSR count). The van der Waals surface area contributed by atoms with Crippen molar-refractivity contribution in [2.24, 2.45) is 5.92 Å². The second-order valence-electron chi connectivity index (χ2n) is 5.54. The Hall–Kier alpha value is -0.160. The predicted molar refractivity (Wildman–Crippen MR) is 79.6 cm³/mol. The summed E-state index contributed by atoms with van der Waals surface area (Å²) in [5.74, 6) is 0.771. The van der Waals surface area contributed by atoms with Gasteiger partial charge in [0.05, 0.1) is 0 Å². The van der Waals surface area contributed by atoms with Gasteiger partial charge in [0.1, 0.15) is 0 Å². The molecule has 0 spiro atoms. The maximum Gasteiger partial charge on any atom is 0.0491 e. The van der Waals surface area contributed by atoms with Gasteiger partial charge in [-0.2, -0.15) is 0 Å². The van der Waals surface area contributed by atoms with Gasteiger partial charge in [-0.05, 0) is 58.7 Å². The summed E-state index contributed by atoms with van der Waals surface area (Å²) in [5, 5.41) is 3.53. The minimum absolute atomic E-state index is 0.635. The largest absolute Gasteiger partial charge is 0.384 e. The highest BCUT2D eigenvalue weighted by Crippen LogP contribution is 2.18. The molecule has 114 valence electrons. The Morgan fingerprint density at radius 1 is 1.32 bits per heavy atom. The van der Waals surface area contributed by atoms with E-state index in [-0.39, 0.29) is 0 Å². The van der Waals surface area contributed by atoms with Crippen molar-refractivity contribution in [3.63, 3.8) is 0 Å². The van der Waals surface area contributed by atoms with Gasteiger partial charge in [0.15, 0.2) is 0 Å². The molecule has 1 atom stereocenters. The zero-order chi connectivity index (χ0) is 13.9. The third-order valence-electron chi connectivity index (χ3n) is 3.96. The first-order valence-electron chi connectivity index (χ1n) is 7.79. The van der Waals surface area contributed by atoms with Crippen LogP contribution in [0.3, 0.4) is 0 Å². The van der Waals surface area contributed by atoms with Gasteiger partial charge in [0.25, 0.3) is 0 Å². The van der Waals surface area contributed by atoms with E-state index < -0.39 is 0 Å². The molecule has 0 saturated carbocycles. The number of nitrogens with zero attached hydrogens (tertiary/aromatic N) is 1. The van der Waals surface area contributed by atoms with Crippen LogP contribution in [-0.2, 0) is 9.47 Å². The van der Waals surface area contributed by atoms with Crippen LogP contribution in [0.15, 0.2) is 0 Å². The Morgan fingerprint density at radius 3 is 2.68 bits per heavy atom. The number of rotatable bonds is 10. The fourth-order valence-corrected chi connectivity index (χ4v) is 2.68. The van der Waals surface area contributed by atoms with E-state index in [1.54, 1.807) is 7.11 Å². The lowest BCUT2D eigenvalue weighted by Crippen LogP contribution is -2.45. The fourth-order valence-electron chi connectivity index (χ4n) is 2.68. The monoisotopic (exact) mass is 272 g/mol. The molecule has 0 radical (unpaired) electrons. The highest BCUT2D eigenvalue weighted by molar-refractivity contribution is 4.77. The van der Waals surface area contributed by atoms with E-state index in [9.17, 15) is 0 Å². The maximum absolute atomic E-state index is 5.33. The first kappa shape index (κ1) is 16.9. The molecule has 1 aliphatic rings. The summed E-state index contributed by atoms with van der Waals surface area (Å²) in [6.45, 7) is 11.6. The van der Waals surface area contributed by atoms with Crippen LogP contribution in [0.1, 0.15) is 33.1 Å². The minimum atomic E-state index is 0.635. The summed E-state index contributed by atoms with van der Waals surface area (Å²) >= 11 is 0. The summed E-state index contributed by atoms with van der Waals surface area (Å²) < 4.78 is 10.6. The van der Waals surface area contributed by atoms with Crippen LogP contribution >= 0.6 is 0 Å². The average Bonchev–Trinajstić information content (AvgIpc) is 2.43. The van der Waals surface area contributed by atoms with E-state index in [0.717, 1.165) is 45.2 Å². The van der Waals surface area contributed by atoms with Crippen molar-refractivity contribution < 1.29 is 9.47 Å². The third kappa shape index (κ3) is 7.25. The quantitative estimate of drug-likeness (QED) is 0.614. The summed E-state index contributed by atoms with van der Waals surface area (Å²) in [6.07, 6.45) is 3.67. The van der Waals surface area contributed by atoms with Crippen LogP contribution in [0.25, 0.3) is 0 Å². The van der Waals surface area contributed by atoms with Gasteiger partial charge >= 0.3 is 0 Å². The minimum Gasteiger partial charge on any atom is -0.384 e. The summed E-state index contributed by atoms with van der Waals surface area (Å²) in [4.78, 5) is 2.60. The van der Waals surface area contributed by atoms with E-state index in [0.29, 0.717) is 6.04 Å². The van der Waals surface area contributed by atoms with Gasteiger partial charge in [0.2, 0.25) is 0 Å². The second-order valence-corrected chi connectivity index (χ2v) is 5.54. The number of likely N-dealkylation sites (tertiary alicyclic amines) is 1. The molecule has 1 aliphatic heterocycles. The van der Waals surface area contributed by atoms with Gasteiger partial charge in [-0.3, -0.25) is 4.90 Å². The van der Waals surface area contributed by atoms with E-state index in [2.05, 4.69) is 17.1 Å². The Morgan fingerprint density at radius 2 is 2.05 bits per heavy atom. The van der Waals surface area contributed by atoms with Crippen molar-refractivity contribution in [3.05, 3.63) is 0 Å². The van der Waals surface area contributed by atoms with Crippen molar-refractivity contribution in [3.8, 4) is 0 Å². The molecule has 4 nitrogen and oxygen atoms in total. The van der Waals surface area contributed by atoms with E-state index in [1.807, 2.05) is 6.92 Å². The molecular formula is C15H32N2O2. The van der Waals surface area contributed by atoms with Crippen molar-refractivity contribution >= 4 is 0 Å². The zero-order valence-electron chi connectivity index (χ0n) is 13.0. The number of nitrogens with one attached hydrogen (secondary N) is 1. The molecule has 0 aromatic carbocycles. The first-order chi connectivity index (χ1) is 9.27. The predicted octanol–water partition coefficient (Wildman–Crippen LogP) is 1.75. The maximum atomic E-state index is 5.33. The second kappa shape index (κ2) is 10.6. The number of methoxy groups -OCH3 is 1. The normalized spacial score (nSPS) is 19.7. The Kier molecular flexibility index (Phi) is 9.43. The van der Waals surface area contributed by atoms with Crippen molar-refractivity contribution in [2.45, 2.75) is 39.2 Å². The molecule has 19 heavy (non-hydrogen) atoms. The Balaban J connectivity index is 2.02. The Labute approximate surface area is 118 Å². The Bertz CT molecular complexity index is 206. The summed E-state index contributed by atoms with van der Waals surface area (Å²) in [5.41, 5.74) is 0. The molecule has 0 aromatic rings. The van der Waals surface area contributed by atoms with E-state index in [1.165, 1.54) is 25.9 Å². The molecular weight excluding hydrogens is 240 g/mol. The topological polar surface area (TPSA) is 33.7 Å². The molecule has 0 aliphatic carbocycles. The standard InChI is InChI=1S/C15H32N2O2/c1-4-19-11-5-8-16-12-14(2)17-9-6-15(7-10-17)13-18-3/h14-16H,4-13H2,1-3H3. The van der Waals surface area contributed by atoms with Crippen LogP contribution in [0.5, 0.6) is 0 Å². The fraction of sp³-hybridized carbons (Fsp3) is 1.00. The van der Waals surface area contributed by atoms with Crippen LogP contribution in [0.2, 0.25) is 0 Å². The van der Waals surface area contributed by atoms with E-state index in [4.69, 9.17) is 9.47 Å². The summed E-state index contributed by atoms with van der Waals surface area (Å²) in [7, 11) is 1.81. The number of hydrogen-bond acceptors (Lipinski definition) is 4. The SMILES string of the molecule is CCOCCCNCC(C)N1CCC(COC)CC1. The molecule has 1 unspecified atom stereocenters. The van der Waals surface area contributed by atoms with Crippen molar-refractivity contribution in [1.29, 1.82) is 0 Å². The summed E-state index contributed by atoms with van der Waals surface area (Å²) in [6, 6.07) is 0.635. The lowest BCUT2D eigenvalue weighted by molar-refractivity contribution is 0.0828. The van der Waals surface area contributed by atoms with Gasteiger partial charge in [0, 0.05) is 39.5 Å². The molecule has 1 heterocycles. The molecule has 1 saturated heterocycles. The molecule has 1 fully saturated rings. The van der Waals surface area contributed by atoms with Gasteiger partial charge in [-0.1, -0.05) is 0 Å². The lowest BCUT2D eigenvalue weighted by atomic mass is 9.97. The van der Waals surface area contributed by atoms with Crippen LogP contribution in [-0.4, -0.2) is 64.1 Å². The zero-order valence-corrected chi connectivity index (χ0v) is 13.0. The number of ether oxygens (including phenoxy) is 2. The number of hydrogen-bond donors (Lipinski definition) is 1. The van der Waals surface area contributed by atoms with Gasteiger partial charge < -0.3 is 14.8 Å². The van der Waals surface area contributed by atoms with Crippen molar-refractivity contribution in [1.82, 2.24) is 10.2 Å². The molecule has 0 amide bonds. The van der Waals surface area contributed by atoms with Crippen LogP contribution in [0, 0.1) is 5.92 Å². The van der Waals surface area contributed by atoms with Gasteiger partial charge in [-0.15, -0.1) is 0 Å². The lowest BCUT2D eigenvalue weighted by Gasteiger charge is -2.36. The highest BCUT2D eigenvalue weighted by Gasteiger charge is 2.22. The molecule has 4 heteroatoms. The first-order valence-corrected chi connectivity index (χ1v) is 7.79. The van der Waals surface area contributed by atoms with Crippen molar-refractivity contribution in [2.75, 3.05) is 53.1 Å². The number of piperidine rings is 1.